The lowest BCUT2D eigenvalue weighted by atomic mass is 10.0. The van der Waals surface area contributed by atoms with Crippen molar-refractivity contribution in [1.29, 1.82) is 0 Å². The van der Waals surface area contributed by atoms with Gasteiger partial charge in [-0.25, -0.2) is 4.68 Å². The molecule has 1 N–H and O–H groups in total. The van der Waals surface area contributed by atoms with E-state index in [9.17, 15) is 4.79 Å². The number of nitrogens with one attached hydrogen (secondary N) is 1. The maximum absolute atomic E-state index is 12.3. The normalized spacial score (nSPS) is 10.5. The highest BCUT2D eigenvalue weighted by Crippen LogP contribution is 2.28. The summed E-state index contributed by atoms with van der Waals surface area (Å²) in [6, 6.07) is 19.7. The molecule has 0 saturated carbocycles. The Balaban J connectivity index is 2.30. The van der Waals surface area contributed by atoms with Crippen molar-refractivity contribution in [1.82, 2.24) is 15.1 Å². The Hall–Kier alpha value is -2.88. The highest BCUT2D eigenvalue weighted by Gasteiger charge is 2.22. The first kappa shape index (κ1) is 14.1. The molecule has 0 aliphatic carbocycles. The van der Waals surface area contributed by atoms with Crippen molar-refractivity contribution in [3.63, 3.8) is 0 Å². The topological polar surface area (TPSA) is 46.9 Å². The lowest BCUT2D eigenvalue weighted by Gasteiger charge is -2.09. The Morgan fingerprint density at radius 2 is 1.59 bits per heavy atom. The number of amides is 1. The summed E-state index contributed by atoms with van der Waals surface area (Å²) in [5.74, 6) is -0.126. The van der Waals surface area contributed by atoms with Crippen molar-refractivity contribution in [2.45, 2.75) is 6.92 Å². The van der Waals surface area contributed by atoms with Crippen molar-refractivity contribution in [2.24, 2.45) is 0 Å². The van der Waals surface area contributed by atoms with Gasteiger partial charge in [-0.3, -0.25) is 4.79 Å². The number of nitrogens with zero attached hydrogens (tertiary/aromatic N) is 2. The third-order valence-electron chi connectivity index (χ3n) is 3.56. The fraction of sp³-hybridized carbons (Fsp3) is 0.111. The molecule has 2 aromatic carbocycles. The SMILES string of the molecule is CNC(=O)c1c(C)nn(-c2ccccc2)c1-c1ccccc1. The van der Waals surface area contributed by atoms with E-state index in [4.69, 9.17) is 0 Å². The minimum Gasteiger partial charge on any atom is -0.355 e. The lowest BCUT2D eigenvalue weighted by Crippen LogP contribution is -2.19. The smallest absolute Gasteiger partial charge is 0.255 e. The molecule has 0 aliphatic heterocycles. The number of carbonyl (C=O) groups is 1. The van der Waals surface area contributed by atoms with Crippen LogP contribution in [0.15, 0.2) is 60.7 Å². The van der Waals surface area contributed by atoms with E-state index in [-0.39, 0.29) is 5.91 Å². The van der Waals surface area contributed by atoms with Gasteiger partial charge in [0.25, 0.3) is 5.91 Å². The Kier molecular flexibility index (Phi) is 3.74. The van der Waals surface area contributed by atoms with Gasteiger partial charge in [-0.2, -0.15) is 5.10 Å². The minimum atomic E-state index is -0.126. The molecule has 0 bridgehead atoms. The van der Waals surface area contributed by atoms with Crippen molar-refractivity contribution in [3.8, 4) is 16.9 Å². The van der Waals surface area contributed by atoms with E-state index in [1.165, 1.54) is 0 Å². The zero-order valence-corrected chi connectivity index (χ0v) is 12.6. The number of benzene rings is 2. The van der Waals surface area contributed by atoms with E-state index in [1.54, 1.807) is 7.05 Å². The lowest BCUT2D eigenvalue weighted by molar-refractivity contribution is 0.0963. The molecule has 1 aromatic heterocycles. The monoisotopic (exact) mass is 291 g/mol. The van der Waals surface area contributed by atoms with Crippen LogP contribution in [0, 0.1) is 6.92 Å². The predicted molar refractivity (Wildman–Crippen MR) is 87.1 cm³/mol. The van der Waals surface area contributed by atoms with Crippen LogP contribution in [0.4, 0.5) is 0 Å². The highest BCUT2D eigenvalue weighted by atomic mass is 16.1. The molecular weight excluding hydrogens is 274 g/mol. The van der Waals surface area contributed by atoms with Crippen LogP contribution in [0.1, 0.15) is 16.1 Å². The molecule has 0 fully saturated rings. The van der Waals surface area contributed by atoms with Gasteiger partial charge in [-0.15, -0.1) is 0 Å². The Bertz CT molecular complexity index is 792. The molecule has 3 rings (SSSR count). The number of para-hydroxylation sites is 1. The molecule has 0 atom stereocenters. The average molecular weight is 291 g/mol. The fourth-order valence-corrected chi connectivity index (χ4v) is 2.54. The zero-order chi connectivity index (χ0) is 15.5. The second-order valence-corrected chi connectivity index (χ2v) is 5.00. The first-order chi connectivity index (χ1) is 10.7. The highest BCUT2D eigenvalue weighted by molar-refractivity contribution is 6.01. The van der Waals surface area contributed by atoms with Gasteiger partial charge in [0.15, 0.2) is 0 Å². The Labute approximate surface area is 129 Å². The number of aryl methyl sites for hydroxylation is 1. The van der Waals surface area contributed by atoms with Crippen LogP contribution < -0.4 is 5.32 Å². The van der Waals surface area contributed by atoms with E-state index in [1.807, 2.05) is 72.3 Å². The molecule has 0 radical (unpaired) electrons. The van der Waals surface area contributed by atoms with E-state index >= 15 is 0 Å². The summed E-state index contributed by atoms with van der Waals surface area (Å²) in [6.07, 6.45) is 0. The molecule has 22 heavy (non-hydrogen) atoms. The number of carbonyl (C=O) groups excluding carboxylic acids is 1. The molecule has 4 heteroatoms. The van der Waals surface area contributed by atoms with Crippen LogP contribution in [-0.2, 0) is 0 Å². The maximum Gasteiger partial charge on any atom is 0.255 e. The van der Waals surface area contributed by atoms with Crippen LogP contribution in [-0.4, -0.2) is 22.7 Å². The van der Waals surface area contributed by atoms with Crippen LogP contribution >= 0.6 is 0 Å². The predicted octanol–water partition coefficient (Wildman–Crippen LogP) is 3.21. The zero-order valence-electron chi connectivity index (χ0n) is 12.6. The van der Waals surface area contributed by atoms with Crippen LogP contribution in [0.2, 0.25) is 0 Å². The van der Waals surface area contributed by atoms with Gasteiger partial charge in [0, 0.05) is 12.6 Å². The number of rotatable bonds is 3. The molecule has 4 nitrogen and oxygen atoms in total. The standard InChI is InChI=1S/C18H17N3O/c1-13-16(18(22)19-2)17(14-9-5-3-6-10-14)21(20-13)15-11-7-4-8-12-15/h3-12H,1-2H3,(H,19,22). The van der Waals surface area contributed by atoms with Gasteiger partial charge in [0.05, 0.1) is 22.6 Å². The van der Waals surface area contributed by atoms with E-state index < -0.39 is 0 Å². The number of aromatic nitrogens is 2. The van der Waals surface area contributed by atoms with Crippen molar-refractivity contribution < 1.29 is 4.79 Å². The number of hydrogen-bond donors (Lipinski definition) is 1. The van der Waals surface area contributed by atoms with Crippen molar-refractivity contribution in [3.05, 3.63) is 71.9 Å². The summed E-state index contributed by atoms with van der Waals surface area (Å²) in [6.45, 7) is 1.86. The molecular formula is C18H17N3O. The van der Waals surface area contributed by atoms with Gasteiger partial charge < -0.3 is 5.32 Å². The Morgan fingerprint density at radius 3 is 2.18 bits per heavy atom. The van der Waals surface area contributed by atoms with Crippen LogP contribution in [0.25, 0.3) is 16.9 Å². The van der Waals surface area contributed by atoms with Gasteiger partial charge in [-0.05, 0) is 19.1 Å². The summed E-state index contributed by atoms with van der Waals surface area (Å²) in [4.78, 5) is 12.3. The van der Waals surface area contributed by atoms with Gasteiger partial charge in [-0.1, -0.05) is 48.5 Å². The fourth-order valence-electron chi connectivity index (χ4n) is 2.54. The first-order valence-electron chi connectivity index (χ1n) is 7.15. The third-order valence-corrected chi connectivity index (χ3v) is 3.56. The molecule has 0 saturated heterocycles. The summed E-state index contributed by atoms with van der Waals surface area (Å²) >= 11 is 0. The maximum atomic E-state index is 12.3. The van der Waals surface area contributed by atoms with E-state index in [2.05, 4.69) is 10.4 Å². The molecule has 3 aromatic rings. The van der Waals surface area contributed by atoms with Gasteiger partial charge in [0.2, 0.25) is 0 Å². The number of hydrogen-bond acceptors (Lipinski definition) is 2. The summed E-state index contributed by atoms with van der Waals surface area (Å²) in [5, 5.41) is 7.29. The minimum absolute atomic E-state index is 0.126. The molecule has 0 spiro atoms. The second-order valence-electron chi connectivity index (χ2n) is 5.00. The van der Waals surface area contributed by atoms with Crippen molar-refractivity contribution >= 4 is 5.91 Å². The molecule has 0 unspecified atom stereocenters. The quantitative estimate of drug-likeness (QED) is 0.805. The van der Waals surface area contributed by atoms with Crippen molar-refractivity contribution in [2.75, 3.05) is 7.05 Å². The largest absolute Gasteiger partial charge is 0.355 e. The molecule has 1 heterocycles. The van der Waals surface area contributed by atoms with Crippen LogP contribution in [0.5, 0.6) is 0 Å². The summed E-state index contributed by atoms with van der Waals surface area (Å²) in [7, 11) is 1.64. The van der Waals surface area contributed by atoms with Gasteiger partial charge in [0.1, 0.15) is 0 Å². The van der Waals surface area contributed by atoms with Gasteiger partial charge >= 0.3 is 0 Å². The molecule has 0 aliphatic rings. The third kappa shape index (κ3) is 2.39. The molecule has 110 valence electrons. The van der Waals surface area contributed by atoms with E-state index in [0.717, 1.165) is 16.9 Å². The van der Waals surface area contributed by atoms with Crippen LogP contribution in [0.3, 0.4) is 0 Å². The Morgan fingerprint density at radius 1 is 1.00 bits per heavy atom. The summed E-state index contributed by atoms with van der Waals surface area (Å²) in [5.41, 5.74) is 4.02. The van der Waals surface area contributed by atoms with E-state index in [0.29, 0.717) is 11.3 Å². The average Bonchev–Trinajstić information content (AvgIpc) is 2.93. The second kappa shape index (κ2) is 5.85. The molecule has 1 amide bonds. The summed E-state index contributed by atoms with van der Waals surface area (Å²) < 4.78 is 1.83. The first-order valence-corrected chi connectivity index (χ1v) is 7.15.